The van der Waals surface area contributed by atoms with E-state index in [1.165, 1.54) is 16.7 Å². The van der Waals surface area contributed by atoms with Gasteiger partial charge in [-0.05, 0) is 89.6 Å². The second kappa shape index (κ2) is 17.4. The van der Waals surface area contributed by atoms with Gasteiger partial charge in [-0.2, -0.15) is 0 Å². The molecule has 8 heteroatoms. The van der Waals surface area contributed by atoms with Crippen LogP contribution in [0.1, 0.15) is 58.7 Å². The molecule has 0 N–H and O–H groups in total. The molecule has 4 aromatic carbocycles. The van der Waals surface area contributed by atoms with Gasteiger partial charge in [0.05, 0.1) is 11.2 Å². The molecule has 1 amide bonds. The lowest BCUT2D eigenvalue weighted by atomic mass is 10.0. The minimum Gasteiger partial charge on any atom is -0.489 e. The van der Waals surface area contributed by atoms with Gasteiger partial charge in [-0.25, -0.2) is 4.98 Å². The standard InChI is InChI=1S/C44H46ClN3O4/c1-31(2)37-13-16-39(17-14-37)50-29-36-11-9-34(10-12-36)28-47-21-23-48(24-22-47)44(49)20-15-38-26-41(45)42(25-33(38)4)52-43-19-18-40(27-46-43)51-30-35-7-5-32(3)6-8-35/h5-20,25-27,31H,21-24,28-30H2,1-4H3. The van der Waals surface area contributed by atoms with Crippen molar-refractivity contribution in [1.82, 2.24) is 14.8 Å². The van der Waals surface area contributed by atoms with E-state index in [1.54, 1.807) is 18.3 Å². The summed E-state index contributed by atoms with van der Waals surface area (Å²) >= 11 is 6.60. The molecule has 268 valence electrons. The molecule has 7 nitrogen and oxygen atoms in total. The van der Waals surface area contributed by atoms with E-state index in [9.17, 15) is 4.79 Å². The van der Waals surface area contributed by atoms with E-state index in [4.69, 9.17) is 25.8 Å². The van der Waals surface area contributed by atoms with Crippen LogP contribution >= 0.6 is 11.6 Å². The summed E-state index contributed by atoms with van der Waals surface area (Å²) in [6.45, 7) is 13.3. The van der Waals surface area contributed by atoms with Crippen LogP contribution in [-0.2, 0) is 24.6 Å². The molecular formula is C44H46ClN3O4. The number of piperazine rings is 1. The monoisotopic (exact) mass is 715 g/mol. The van der Waals surface area contributed by atoms with Gasteiger partial charge in [-0.15, -0.1) is 0 Å². The zero-order valence-electron chi connectivity index (χ0n) is 30.3. The van der Waals surface area contributed by atoms with Crippen LogP contribution in [-0.4, -0.2) is 46.9 Å². The number of ether oxygens (including phenoxy) is 3. The lowest BCUT2D eigenvalue weighted by molar-refractivity contribution is -0.127. The van der Waals surface area contributed by atoms with E-state index >= 15 is 0 Å². The van der Waals surface area contributed by atoms with Gasteiger partial charge in [-0.1, -0.05) is 91.7 Å². The van der Waals surface area contributed by atoms with Crippen molar-refractivity contribution in [3.8, 4) is 23.1 Å². The second-order valence-electron chi connectivity index (χ2n) is 13.6. The maximum absolute atomic E-state index is 13.1. The fraction of sp³-hybridized carbons (Fsp3) is 0.273. The maximum atomic E-state index is 13.1. The fourth-order valence-electron chi connectivity index (χ4n) is 5.91. The van der Waals surface area contributed by atoms with Crippen molar-refractivity contribution in [3.05, 3.63) is 153 Å². The first-order valence-corrected chi connectivity index (χ1v) is 18.2. The third kappa shape index (κ3) is 10.2. The summed E-state index contributed by atoms with van der Waals surface area (Å²) in [6.07, 6.45) is 5.09. The fourth-order valence-corrected chi connectivity index (χ4v) is 6.12. The van der Waals surface area contributed by atoms with Gasteiger partial charge in [0.15, 0.2) is 0 Å². The number of rotatable bonds is 13. The van der Waals surface area contributed by atoms with Gasteiger partial charge in [-0.3, -0.25) is 9.69 Å². The minimum absolute atomic E-state index is 0.00687. The van der Waals surface area contributed by atoms with Gasteiger partial charge in [0.1, 0.15) is 30.5 Å². The molecule has 1 saturated heterocycles. The van der Waals surface area contributed by atoms with Crippen LogP contribution < -0.4 is 14.2 Å². The van der Waals surface area contributed by atoms with Crippen molar-refractivity contribution in [1.29, 1.82) is 0 Å². The van der Waals surface area contributed by atoms with Crippen molar-refractivity contribution in [2.75, 3.05) is 26.2 Å². The second-order valence-corrected chi connectivity index (χ2v) is 14.0. The van der Waals surface area contributed by atoms with Gasteiger partial charge in [0.25, 0.3) is 0 Å². The lowest BCUT2D eigenvalue weighted by Crippen LogP contribution is -2.47. The smallest absolute Gasteiger partial charge is 0.246 e. The highest BCUT2D eigenvalue weighted by molar-refractivity contribution is 6.32. The molecule has 52 heavy (non-hydrogen) atoms. The predicted octanol–water partition coefficient (Wildman–Crippen LogP) is 9.78. The largest absolute Gasteiger partial charge is 0.489 e. The SMILES string of the molecule is Cc1ccc(COc2ccc(Oc3cc(C)c(C=CC(=O)N4CCN(Cc5ccc(COc6ccc(C(C)C)cc6)cc5)CC4)cc3Cl)nc2)cc1. The van der Waals surface area contributed by atoms with E-state index < -0.39 is 0 Å². The minimum atomic E-state index is -0.00687. The first-order chi connectivity index (χ1) is 25.2. The Bertz CT molecular complexity index is 1950. The number of halogens is 1. The number of pyridine rings is 1. The van der Waals surface area contributed by atoms with Crippen LogP contribution in [0.5, 0.6) is 23.1 Å². The summed E-state index contributed by atoms with van der Waals surface area (Å²) < 4.78 is 17.8. The number of amides is 1. The van der Waals surface area contributed by atoms with Crippen molar-refractivity contribution in [3.63, 3.8) is 0 Å². The van der Waals surface area contributed by atoms with E-state index in [0.29, 0.717) is 54.6 Å². The first kappa shape index (κ1) is 36.7. The summed E-state index contributed by atoms with van der Waals surface area (Å²) in [5, 5.41) is 0.435. The van der Waals surface area contributed by atoms with Gasteiger partial charge < -0.3 is 19.1 Å². The normalized spacial score (nSPS) is 13.5. The Hall–Kier alpha value is -5.11. The molecule has 1 fully saturated rings. The Labute approximate surface area is 312 Å². The quantitative estimate of drug-likeness (QED) is 0.113. The molecular weight excluding hydrogens is 670 g/mol. The van der Waals surface area contributed by atoms with Crippen LogP contribution in [0.25, 0.3) is 6.08 Å². The molecule has 0 atom stereocenters. The summed E-state index contributed by atoms with van der Waals surface area (Å²) in [4.78, 5) is 21.8. The number of aryl methyl sites for hydroxylation is 2. The van der Waals surface area contributed by atoms with E-state index in [2.05, 4.69) is 79.2 Å². The lowest BCUT2D eigenvalue weighted by Gasteiger charge is -2.34. The summed E-state index contributed by atoms with van der Waals surface area (Å²) in [6, 6.07) is 32.4. The van der Waals surface area contributed by atoms with Crippen molar-refractivity contribution >= 4 is 23.6 Å². The molecule has 0 unspecified atom stereocenters. The topological polar surface area (TPSA) is 64.1 Å². The maximum Gasteiger partial charge on any atom is 0.246 e. The number of aromatic nitrogens is 1. The molecule has 0 spiro atoms. The highest BCUT2D eigenvalue weighted by atomic mass is 35.5. The Balaban J connectivity index is 0.937. The van der Waals surface area contributed by atoms with Crippen molar-refractivity contribution in [2.24, 2.45) is 0 Å². The zero-order valence-corrected chi connectivity index (χ0v) is 31.1. The third-order valence-corrected chi connectivity index (χ3v) is 9.54. The number of nitrogens with zero attached hydrogens (tertiary/aromatic N) is 3. The number of benzene rings is 4. The molecule has 1 aliphatic heterocycles. The van der Waals surface area contributed by atoms with Crippen LogP contribution in [0.3, 0.4) is 0 Å². The summed E-state index contributed by atoms with van der Waals surface area (Å²) in [5.41, 5.74) is 7.79. The van der Waals surface area contributed by atoms with Crippen molar-refractivity contribution in [2.45, 2.75) is 53.4 Å². The molecule has 6 rings (SSSR count). The van der Waals surface area contributed by atoms with Crippen LogP contribution in [0.15, 0.2) is 109 Å². The molecule has 0 radical (unpaired) electrons. The number of hydrogen-bond donors (Lipinski definition) is 0. The van der Waals surface area contributed by atoms with Gasteiger partial charge in [0.2, 0.25) is 11.8 Å². The van der Waals surface area contributed by atoms with Crippen LogP contribution in [0.4, 0.5) is 0 Å². The number of hydrogen-bond acceptors (Lipinski definition) is 6. The molecule has 0 aliphatic carbocycles. The number of carbonyl (C=O) groups is 1. The van der Waals surface area contributed by atoms with Gasteiger partial charge >= 0.3 is 0 Å². The van der Waals surface area contributed by atoms with E-state index in [0.717, 1.165) is 47.6 Å². The van der Waals surface area contributed by atoms with Crippen LogP contribution in [0, 0.1) is 13.8 Å². The average molecular weight is 716 g/mol. The Morgan fingerprint density at radius 2 is 1.40 bits per heavy atom. The summed E-state index contributed by atoms with van der Waals surface area (Å²) in [7, 11) is 0. The third-order valence-electron chi connectivity index (χ3n) is 9.24. The van der Waals surface area contributed by atoms with Crippen molar-refractivity contribution < 1.29 is 19.0 Å². The highest BCUT2D eigenvalue weighted by Gasteiger charge is 2.20. The molecule has 0 bridgehead atoms. The van der Waals surface area contributed by atoms with E-state index in [1.807, 2.05) is 60.4 Å². The zero-order chi connectivity index (χ0) is 36.5. The predicted molar refractivity (Wildman–Crippen MR) is 208 cm³/mol. The molecule has 2 heterocycles. The Morgan fingerprint density at radius 1 is 0.788 bits per heavy atom. The molecule has 1 aromatic heterocycles. The Morgan fingerprint density at radius 3 is 2.04 bits per heavy atom. The first-order valence-electron chi connectivity index (χ1n) is 17.8. The highest BCUT2D eigenvalue weighted by Crippen LogP contribution is 2.32. The van der Waals surface area contributed by atoms with E-state index in [-0.39, 0.29) is 5.91 Å². The van der Waals surface area contributed by atoms with Gasteiger partial charge in [0, 0.05) is 44.9 Å². The Kier molecular flexibility index (Phi) is 12.3. The molecule has 5 aromatic rings. The number of carbonyl (C=O) groups excluding carboxylic acids is 1. The average Bonchev–Trinajstić information content (AvgIpc) is 3.16. The molecule has 1 aliphatic rings. The summed E-state index contributed by atoms with van der Waals surface area (Å²) in [5.74, 6) is 2.94. The van der Waals surface area contributed by atoms with Crippen LogP contribution in [0.2, 0.25) is 5.02 Å². The molecule has 0 saturated carbocycles.